The fraction of sp³-hybridized carbons (Fsp3) is 0.333. The summed E-state index contributed by atoms with van der Waals surface area (Å²) in [7, 11) is 0. The summed E-state index contributed by atoms with van der Waals surface area (Å²) in [6.07, 6.45) is 0. The summed E-state index contributed by atoms with van der Waals surface area (Å²) in [6, 6.07) is 2.09. The van der Waals surface area contributed by atoms with Crippen LogP contribution in [0.5, 0.6) is 5.75 Å². The second-order valence-electron chi connectivity index (χ2n) is 3.38. The molecule has 0 amide bonds. The molecule has 1 unspecified atom stereocenters. The molecular formula is C9H9FN2O3. The van der Waals surface area contributed by atoms with Crippen molar-refractivity contribution in [2.75, 3.05) is 11.9 Å². The van der Waals surface area contributed by atoms with E-state index >= 15 is 0 Å². The van der Waals surface area contributed by atoms with Gasteiger partial charge in [0.1, 0.15) is 6.61 Å². The van der Waals surface area contributed by atoms with Crippen LogP contribution in [-0.4, -0.2) is 17.6 Å². The van der Waals surface area contributed by atoms with Crippen molar-refractivity contribution in [3.05, 3.63) is 28.1 Å². The molecule has 0 saturated carbocycles. The van der Waals surface area contributed by atoms with Crippen LogP contribution in [0.4, 0.5) is 15.8 Å². The highest BCUT2D eigenvalue weighted by Crippen LogP contribution is 2.39. The average Bonchev–Trinajstić information content (AvgIpc) is 2.17. The first kappa shape index (κ1) is 9.70. The van der Waals surface area contributed by atoms with Gasteiger partial charge in [0, 0.05) is 6.07 Å². The molecule has 1 heterocycles. The van der Waals surface area contributed by atoms with Gasteiger partial charge in [-0.15, -0.1) is 0 Å². The molecule has 1 aromatic carbocycles. The van der Waals surface area contributed by atoms with Crippen molar-refractivity contribution < 1.29 is 14.1 Å². The molecule has 1 aliphatic rings. The average molecular weight is 212 g/mol. The lowest BCUT2D eigenvalue weighted by atomic mass is 10.2. The van der Waals surface area contributed by atoms with E-state index in [0.29, 0.717) is 6.61 Å². The molecule has 0 aromatic heterocycles. The molecule has 2 rings (SSSR count). The van der Waals surface area contributed by atoms with Crippen LogP contribution in [0.25, 0.3) is 0 Å². The number of nitrogens with one attached hydrogen (secondary N) is 1. The monoisotopic (exact) mass is 212 g/mol. The van der Waals surface area contributed by atoms with Crippen LogP contribution in [-0.2, 0) is 0 Å². The lowest BCUT2D eigenvalue weighted by Gasteiger charge is -2.24. The first-order chi connectivity index (χ1) is 7.09. The fourth-order valence-corrected chi connectivity index (χ4v) is 1.48. The van der Waals surface area contributed by atoms with E-state index in [1.807, 2.05) is 0 Å². The second kappa shape index (κ2) is 3.38. The Morgan fingerprint density at radius 2 is 2.40 bits per heavy atom. The highest BCUT2D eigenvalue weighted by atomic mass is 19.1. The molecule has 0 saturated heterocycles. The molecule has 0 fully saturated rings. The van der Waals surface area contributed by atoms with E-state index in [2.05, 4.69) is 5.32 Å². The number of hydrogen-bond donors (Lipinski definition) is 1. The molecule has 6 heteroatoms. The maximum atomic E-state index is 13.3. The maximum Gasteiger partial charge on any atom is 0.296 e. The van der Waals surface area contributed by atoms with Gasteiger partial charge in [-0.2, -0.15) is 0 Å². The van der Waals surface area contributed by atoms with Crippen LogP contribution >= 0.6 is 0 Å². The summed E-state index contributed by atoms with van der Waals surface area (Å²) in [4.78, 5) is 10.1. The van der Waals surface area contributed by atoms with Crippen LogP contribution < -0.4 is 10.1 Å². The van der Waals surface area contributed by atoms with Crippen LogP contribution in [0, 0.1) is 15.9 Å². The minimum atomic E-state index is -0.588. The normalized spacial score (nSPS) is 18.7. The SMILES string of the molecule is CC1COc2c(F)ccc([N+](=O)[O-])c2N1. The van der Waals surface area contributed by atoms with E-state index in [1.165, 1.54) is 0 Å². The minimum Gasteiger partial charge on any atom is -0.486 e. The quantitative estimate of drug-likeness (QED) is 0.570. The van der Waals surface area contributed by atoms with Crippen molar-refractivity contribution in [2.24, 2.45) is 0 Å². The smallest absolute Gasteiger partial charge is 0.296 e. The Morgan fingerprint density at radius 3 is 3.07 bits per heavy atom. The van der Waals surface area contributed by atoms with Gasteiger partial charge in [0.2, 0.25) is 0 Å². The molecule has 15 heavy (non-hydrogen) atoms. The van der Waals surface area contributed by atoms with Crippen molar-refractivity contribution in [2.45, 2.75) is 13.0 Å². The molecule has 1 N–H and O–H groups in total. The van der Waals surface area contributed by atoms with Gasteiger partial charge in [0.25, 0.3) is 5.69 Å². The molecule has 0 bridgehead atoms. The number of nitrogens with zero attached hydrogens (tertiary/aromatic N) is 1. The molecule has 1 aromatic rings. The second-order valence-corrected chi connectivity index (χ2v) is 3.38. The van der Waals surface area contributed by atoms with E-state index in [1.54, 1.807) is 6.92 Å². The van der Waals surface area contributed by atoms with E-state index in [9.17, 15) is 14.5 Å². The van der Waals surface area contributed by atoms with Gasteiger partial charge in [-0.25, -0.2) is 4.39 Å². The van der Waals surface area contributed by atoms with Gasteiger partial charge in [0.05, 0.1) is 11.0 Å². The van der Waals surface area contributed by atoms with E-state index < -0.39 is 10.7 Å². The Morgan fingerprint density at radius 1 is 1.67 bits per heavy atom. The van der Waals surface area contributed by atoms with Crippen molar-refractivity contribution in [3.8, 4) is 5.75 Å². The van der Waals surface area contributed by atoms with Gasteiger partial charge in [-0.1, -0.05) is 0 Å². The molecule has 1 atom stereocenters. The van der Waals surface area contributed by atoms with Crippen molar-refractivity contribution in [1.29, 1.82) is 0 Å². The molecule has 0 aliphatic carbocycles. The zero-order chi connectivity index (χ0) is 11.0. The van der Waals surface area contributed by atoms with Crippen molar-refractivity contribution in [1.82, 2.24) is 0 Å². The lowest BCUT2D eigenvalue weighted by Crippen LogP contribution is -2.29. The summed E-state index contributed by atoms with van der Waals surface area (Å²) in [6.45, 7) is 2.10. The zero-order valence-corrected chi connectivity index (χ0v) is 7.99. The third kappa shape index (κ3) is 1.58. The van der Waals surface area contributed by atoms with Gasteiger partial charge in [-0.05, 0) is 13.0 Å². The fourth-order valence-electron chi connectivity index (χ4n) is 1.48. The highest BCUT2D eigenvalue weighted by molar-refractivity contribution is 5.71. The molecule has 80 valence electrons. The number of ether oxygens (including phenoxy) is 1. The third-order valence-corrected chi connectivity index (χ3v) is 2.15. The van der Waals surface area contributed by atoms with Gasteiger partial charge in [0.15, 0.2) is 17.3 Å². The maximum absolute atomic E-state index is 13.3. The molecular weight excluding hydrogens is 203 g/mol. The first-order valence-corrected chi connectivity index (χ1v) is 4.46. The van der Waals surface area contributed by atoms with Gasteiger partial charge >= 0.3 is 0 Å². The predicted molar refractivity (Wildman–Crippen MR) is 51.6 cm³/mol. The van der Waals surface area contributed by atoms with Gasteiger partial charge in [-0.3, -0.25) is 10.1 Å². The Bertz CT molecular complexity index is 422. The van der Waals surface area contributed by atoms with Crippen molar-refractivity contribution in [3.63, 3.8) is 0 Å². The third-order valence-electron chi connectivity index (χ3n) is 2.15. The van der Waals surface area contributed by atoms with Crippen LogP contribution in [0.2, 0.25) is 0 Å². The zero-order valence-electron chi connectivity index (χ0n) is 7.99. The van der Waals surface area contributed by atoms with Crippen LogP contribution in [0.1, 0.15) is 6.92 Å². The van der Waals surface area contributed by atoms with Crippen LogP contribution in [0.15, 0.2) is 12.1 Å². The molecule has 0 radical (unpaired) electrons. The predicted octanol–water partition coefficient (Wildman–Crippen LogP) is 1.93. The summed E-state index contributed by atoms with van der Waals surface area (Å²) < 4.78 is 18.4. The number of hydrogen-bond acceptors (Lipinski definition) is 4. The number of fused-ring (bicyclic) bond motifs is 1. The summed E-state index contributed by atoms with van der Waals surface area (Å²) >= 11 is 0. The van der Waals surface area contributed by atoms with Gasteiger partial charge < -0.3 is 10.1 Å². The minimum absolute atomic E-state index is 0.0673. The van der Waals surface area contributed by atoms with E-state index in [-0.39, 0.29) is 23.2 Å². The molecule has 0 spiro atoms. The van der Waals surface area contributed by atoms with Crippen LogP contribution in [0.3, 0.4) is 0 Å². The number of benzene rings is 1. The van der Waals surface area contributed by atoms with Crippen molar-refractivity contribution >= 4 is 11.4 Å². The largest absolute Gasteiger partial charge is 0.486 e. The number of rotatable bonds is 1. The first-order valence-electron chi connectivity index (χ1n) is 4.46. The Kier molecular flexibility index (Phi) is 2.18. The topological polar surface area (TPSA) is 64.4 Å². The Labute approximate surface area is 85.0 Å². The standard InChI is InChI=1S/C9H9FN2O3/c1-5-4-15-9-6(10)2-3-7(12(13)14)8(9)11-5/h2-3,5,11H,4H2,1H3. The molecule has 5 nitrogen and oxygen atoms in total. The molecule has 1 aliphatic heterocycles. The Hall–Kier alpha value is -1.85. The number of nitro benzene ring substituents is 1. The number of nitro groups is 1. The summed E-state index contributed by atoms with van der Waals surface area (Å²) in [5.41, 5.74) is -0.0447. The van der Waals surface area contributed by atoms with E-state index in [4.69, 9.17) is 4.74 Å². The Balaban J connectivity index is 2.56. The number of halogens is 1. The van der Waals surface area contributed by atoms with E-state index in [0.717, 1.165) is 12.1 Å². The number of anilines is 1. The highest BCUT2D eigenvalue weighted by Gasteiger charge is 2.27. The lowest BCUT2D eigenvalue weighted by molar-refractivity contribution is -0.384. The summed E-state index contributed by atoms with van der Waals surface area (Å²) in [5, 5.41) is 13.5. The summed E-state index contributed by atoms with van der Waals surface area (Å²) in [5.74, 6) is -0.655.